The number of halogens is 1. The molecule has 0 amide bonds. The van der Waals surface area contributed by atoms with E-state index in [0.29, 0.717) is 5.69 Å². The number of carboxylic acids is 1. The Bertz CT molecular complexity index is 605. The van der Waals surface area contributed by atoms with E-state index in [4.69, 9.17) is 5.11 Å². The average molecular weight is 309 g/mol. The Hall–Kier alpha value is -1.62. The van der Waals surface area contributed by atoms with Crippen LogP contribution in [0.1, 0.15) is 11.3 Å². The summed E-state index contributed by atoms with van der Waals surface area (Å²) in [6.07, 6.45) is 1.79. The van der Waals surface area contributed by atoms with Crippen molar-refractivity contribution in [1.82, 2.24) is 9.78 Å². The fourth-order valence-corrected chi connectivity index (χ4v) is 2.28. The summed E-state index contributed by atoms with van der Waals surface area (Å²) in [5.74, 6) is -0.873. The van der Waals surface area contributed by atoms with Crippen molar-refractivity contribution >= 4 is 21.9 Å². The Labute approximate surface area is 113 Å². The minimum Gasteiger partial charge on any atom is -0.481 e. The zero-order valence-corrected chi connectivity index (χ0v) is 11.7. The maximum Gasteiger partial charge on any atom is 0.309 e. The molecular weight excluding hydrogens is 296 g/mol. The molecule has 0 fully saturated rings. The van der Waals surface area contributed by atoms with Gasteiger partial charge < -0.3 is 5.11 Å². The van der Waals surface area contributed by atoms with Gasteiger partial charge in [0.2, 0.25) is 0 Å². The lowest BCUT2D eigenvalue weighted by molar-refractivity contribution is -0.136. The van der Waals surface area contributed by atoms with E-state index in [9.17, 15) is 4.79 Å². The second-order valence-electron chi connectivity index (χ2n) is 4.19. The number of aromatic nitrogens is 2. The molecule has 0 radical (unpaired) electrons. The molecule has 0 spiro atoms. The third-order valence-corrected chi connectivity index (χ3v) is 3.21. The predicted molar refractivity (Wildman–Crippen MR) is 72.4 cm³/mol. The third kappa shape index (κ3) is 2.61. The maximum absolute atomic E-state index is 10.9. The number of hydrogen-bond donors (Lipinski definition) is 1. The Morgan fingerprint density at radius 2 is 2.17 bits per heavy atom. The Morgan fingerprint density at radius 3 is 2.83 bits per heavy atom. The Kier molecular flexibility index (Phi) is 3.52. The second-order valence-corrected chi connectivity index (χ2v) is 5.11. The number of carboxylic acid groups (broad SMARTS) is 1. The van der Waals surface area contributed by atoms with E-state index in [-0.39, 0.29) is 6.42 Å². The summed E-state index contributed by atoms with van der Waals surface area (Å²) >= 11 is 3.43. The van der Waals surface area contributed by atoms with Crippen molar-refractivity contribution in [2.45, 2.75) is 13.3 Å². The zero-order valence-electron chi connectivity index (χ0n) is 10.1. The van der Waals surface area contributed by atoms with Crippen molar-refractivity contribution in [3.63, 3.8) is 0 Å². The van der Waals surface area contributed by atoms with E-state index in [1.54, 1.807) is 11.7 Å². The van der Waals surface area contributed by atoms with Crippen molar-refractivity contribution in [3.05, 3.63) is 40.1 Å². The molecule has 1 aromatic heterocycles. The van der Waals surface area contributed by atoms with Gasteiger partial charge in [-0.1, -0.05) is 22.0 Å². The van der Waals surface area contributed by atoms with Crippen LogP contribution in [0.3, 0.4) is 0 Å². The first-order chi connectivity index (χ1) is 8.47. The lowest BCUT2D eigenvalue weighted by Gasteiger charge is -2.05. The van der Waals surface area contributed by atoms with Crippen LogP contribution in [0.4, 0.5) is 0 Å². The number of nitrogens with zero attached hydrogens (tertiary/aromatic N) is 2. The van der Waals surface area contributed by atoms with E-state index < -0.39 is 5.97 Å². The number of aliphatic carboxylic acids is 1. The summed E-state index contributed by atoms with van der Waals surface area (Å²) in [6, 6.07) is 5.95. The Morgan fingerprint density at radius 1 is 1.44 bits per heavy atom. The standard InChI is InChI=1S/C13H13BrN2O2/c1-8-3-4-9(14)5-10(8)11-7-16(2)15-12(11)6-13(17)18/h3-5,7H,6H2,1-2H3,(H,17,18). The zero-order chi connectivity index (χ0) is 13.3. The van der Waals surface area contributed by atoms with Crippen LogP contribution in [-0.4, -0.2) is 20.9 Å². The highest BCUT2D eigenvalue weighted by Gasteiger charge is 2.14. The minimum absolute atomic E-state index is 0.0673. The summed E-state index contributed by atoms with van der Waals surface area (Å²) in [5, 5.41) is 13.1. The predicted octanol–water partition coefficient (Wildman–Crippen LogP) is 2.79. The number of hydrogen-bond acceptors (Lipinski definition) is 2. The highest BCUT2D eigenvalue weighted by atomic mass is 79.9. The van der Waals surface area contributed by atoms with Gasteiger partial charge >= 0.3 is 5.97 Å². The molecule has 0 unspecified atom stereocenters. The highest BCUT2D eigenvalue weighted by Crippen LogP contribution is 2.29. The van der Waals surface area contributed by atoms with Gasteiger partial charge in [0.25, 0.3) is 0 Å². The molecule has 0 saturated carbocycles. The largest absolute Gasteiger partial charge is 0.481 e. The summed E-state index contributed by atoms with van der Waals surface area (Å²) in [6.45, 7) is 2.00. The van der Waals surface area contributed by atoms with Crippen molar-refractivity contribution in [2.75, 3.05) is 0 Å². The van der Waals surface area contributed by atoms with Crippen molar-refractivity contribution < 1.29 is 9.90 Å². The second kappa shape index (κ2) is 4.94. The van der Waals surface area contributed by atoms with Crippen LogP contribution in [0.2, 0.25) is 0 Å². The van der Waals surface area contributed by atoms with E-state index in [2.05, 4.69) is 21.0 Å². The van der Waals surface area contributed by atoms with Gasteiger partial charge in [0, 0.05) is 23.3 Å². The van der Waals surface area contributed by atoms with Gasteiger partial charge in [-0.15, -0.1) is 0 Å². The molecule has 4 nitrogen and oxygen atoms in total. The first kappa shape index (κ1) is 12.8. The molecule has 1 aromatic carbocycles. The van der Waals surface area contributed by atoms with Gasteiger partial charge in [-0.05, 0) is 30.2 Å². The molecule has 0 aliphatic rings. The van der Waals surface area contributed by atoms with Crippen molar-refractivity contribution in [1.29, 1.82) is 0 Å². The molecule has 1 N–H and O–H groups in total. The maximum atomic E-state index is 10.9. The van der Waals surface area contributed by atoms with Gasteiger partial charge in [-0.25, -0.2) is 0 Å². The number of rotatable bonds is 3. The highest BCUT2D eigenvalue weighted by molar-refractivity contribution is 9.10. The molecule has 5 heteroatoms. The van der Waals surface area contributed by atoms with Gasteiger partial charge in [-0.2, -0.15) is 5.10 Å². The molecule has 94 valence electrons. The molecule has 0 bridgehead atoms. The summed E-state index contributed by atoms with van der Waals surface area (Å²) < 4.78 is 2.61. The number of benzene rings is 1. The van der Waals surface area contributed by atoms with Crippen LogP contribution in [-0.2, 0) is 18.3 Å². The Balaban J connectivity index is 2.55. The molecule has 2 rings (SSSR count). The molecule has 0 atom stereocenters. The lowest BCUT2D eigenvalue weighted by atomic mass is 10.0. The first-order valence-electron chi connectivity index (χ1n) is 5.48. The normalized spacial score (nSPS) is 10.6. The molecule has 2 aromatic rings. The van der Waals surface area contributed by atoms with Crippen LogP contribution in [0, 0.1) is 6.92 Å². The molecule has 0 aliphatic heterocycles. The number of carbonyl (C=O) groups is 1. The van der Waals surface area contributed by atoms with Gasteiger partial charge in [0.1, 0.15) is 0 Å². The van der Waals surface area contributed by atoms with Crippen LogP contribution in [0.5, 0.6) is 0 Å². The minimum atomic E-state index is -0.873. The van der Waals surface area contributed by atoms with Crippen molar-refractivity contribution in [2.24, 2.45) is 7.05 Å². The fraction of sp³-hybridized carbons (Fsp3) is 0.231. The van der Waals surface area contributed by atoms with Crippen LogP contribution < -0.4 is 0 Å². The topological polar surface area (TPSA) is 55.1 Å². The van der Waals surface area contributed by atoms with Crippen LogP contribution in [0.15, 0.2) is 28.9 Å². The van der Waals surface area contributed by atoms with Crippen LogP contribution in [0.25, 0.3) is 11.1 Å². The third-order valence-electron chi connectivity index (χ3n) is 2.71. The summed E-state index contributed by atoms with van der Waals surface area (Å²) in [7, 11) is 1.79. The lowest BCUT2D eigenvalue weighted by Crippen LogP contribution is -2.03. The van der Waals surface area contributed by atoms with Gasteiger partial charge in [0.15, 0.2) is 0 Å². The fourth-order valence-electron chi connectivity index (χ4n) is 1.92. The SMILES string of the molecule is Cc1ccc(Br)cc1-c1cn(C)nc1CC(=O)O. The van der Waals surface area contributed by atoms with Gasteiger partial charge in [-0.3, -0.25) is 9.48 Å². The van der Waals surface area contributed by atoms with E-state index >= 15 is 0 Å². The van der Waals surface area contributed by atoms with E-state index in [1.165, 1.54) is 0 Å². The average Bonchev–Trinajstić information content (AvgIpc) is 2.62. The first-order valence-corrected chi connectivity index (χ1v) is 6.27. The molecule has 18 heavy (non-hydrogen) atoms. The summed E-state index contributed by atoms with van der Waals surface area (Å²) in [4.78, 5) is 10.9. The molecule has 1 heterocycles. The smallest absolute Gasteiger partial charge is 0.309 e. The van der Waals surface area contributed by atoms with Gasteiger partial charge in [0.05, 0.1) is 12.1 Å². The van der Waals surface area contributed by atoms with Crippen LogP contribution >= 0.6 is 15.9 Å². The number of aryl methyl sites for hydroxylation is 2. The summed E-state index contributed by atoms with van der Waals surface area (Å²) in [5.41, 5.74) is 3.57. The molecule has 0 saturated heterocycles. The molecular formula is C13H13BrN2O2. The van der Waals surface area contributed by atoms with E-state index in [0.717, 1.165) is 21.2 Å². The monoisotopic (exact) mass is 308 g/mol. The van der Waals surface area contributed by atoms with E-state index in [1.807, 2.05) is 31.3 Å². The van der Waals surface area contributed by atoms with Crippen molar-refractivity contribution in [3.8, 4) is 11.1 Å². The quantitative estimate of drug-likeness (QED) is 0.948. The molecule has 0 aliphatic carbocycles.